The molecule has 3 aromatic rings. The lowest BCUT2D eigenvalue weighted by atomic mass is 9.89. The van der Waals surface area contributed by atoms with Crippen molar-refractivity contribution in [3.63, 3.8) is 0 Å². The Morgan fingerprint density at radius 2 is 1.83 bits per heavy atom. The number of hydrogen-bond donors (Lipinski definition) is 0. The Morgan fingerprint density at radius 1 is 1.17 bits per heavy atom. The van der Waals surface area contributed by atoms with Crippen LogP contribution >= 0.6 is 0 Å². The topological polar surface area (TPSA) is 85.4 Å². The lowest BCUT2D eigenvalue weighted by molar-refractivity contribution is -0.146. The van der Waals surface area contributed by atoms with Gasteiger partial charge in [0.2, 0.25) is 10.0 Å². The second-order valence-corrected chi connectivity index (χ2v) is 9.41. The molecule has 8 nitrogen and oxygen atoms in total. The minimum Gasteiger partial charge on any atom is -0.262 e. The molecular weight excluding hydrogens is 421 g/mol. The molecule has 0 amide bonds. The second kappa shape index (κ2) is 7.05. The lowest BCUT2D eigenvalue weighted by Gasteiger charge is -2.32. The highest BCUT2D eigenvalue weighted by Crippen LogP contribution is 2.38. The predicted octanol–water partition coefficient (Wildman–Crippen LogP) is 2.67. The fourth-order valence-corrected chi connectivity index (χ4v) is 6.05. The number of hydrogen-bond acceptors (Lipinski definition) is 5. The number of nitrogens with zero attached hydrogens (tertiary/aromatic N) is 6. The molecule has 0 atom stereocenters. The van der Waals surface area contributed by atoms with Gasteiger partial charge in [-0.15, -0.1) is 0 Å². The van der Waals surface area contributed by atoms with Gasteiger partial charge in [-0.2, -0.15) is 27.7 Å². The summed E-state index contributed by atoms with van der Waals surface area (Å²) in [6.45, 7) is 3.51. The highest BCUT2D eigenvalue weighted by atomic mass is 32.2. The van der Waals surface area contributed by atoms with Gasteiger partial charge in [-0.05, 0) is 49.8 Å². The van der Waals surface area contributed by atoms with Crippen molar-refractivity contribution in [2.45, 2.75) is 43.7 Å². The van der Waals surface area contributed by atoms with Gasteiger partial charge in [0.15, 0.2) is 11.3 Å². The van der Waals surface area contributed by atoms with Gasteiger partial charge in [-0.1, -0.05) is 0 Å². The summed E-state index contributed by atoms with van der Waals surface area (Å²) >= 11 is 0. The number of piperidine rings is 1. The average Bonchev–Trinajstić information content (AvgIpc) is 3.23. The van der Waals surface area contributed by atoms with Gasteiger partial charge in [0.25, 0.3) is 0 Å². The minimum absolute atomic E-state index is 0.0853. The van der Waals surface area contributed by atoms with E-state index < -0.39 is 26.8 Å². The maximum Gasteiger partial charge on any atom is 0.434 e. The Bertz CT molecular complexity index is 1210. The maximum absolute atomic E-state index is 13.5. The number of aromatic nitrogens is 5. The number of pyridine rings is 1. The molecule has 0 N–H and O–H groups in total. The van der Waals surface area contributed by atoms with Crippen LogP contribution in [0.3, 0.4) is 0 Å². The van der Waals surface area contributed by atoms with Gasteiger partial charge in [-0.25, -0.2) is 17.9 Å². The Labute approximate surface area is 171 Å². The van der Waals surface area contributed by atoms with E-state index in [9.17, 15) is 21.6 Å². The highest BCUT2D eigenvalue weighted by Gasteiger charge is 2.45. The molecule has 0 radical (unpaired) electrons. The van der Waals surface area contributed by atoms with Crippen LogP contribution in [0, 0.1) is 13.8 Å². The van der Waals surface area contributed by atoms with E-state index in [4.69, 9.17) is 0 Å². The van der Waals surface area contributed by atoms with Crippen molar-refractivity contribution in [1.29, 1.82) is 0 Å². The molecule has 162 valence electrons. The first-order valence-electron chi connectivity index (χ1n) is 9.41. The van der Waals surface area contributed by atoms with E-state index in [0.29, 0.717) is 17.5 Å². The summed E-state index contributed by atoms with van der Waals surface area (Å²) in [7, 11) is -3.22. The third kappa shape index (κ3) is 3.37. The molecule has 0 aromatic carbocycles. The fourth-order valence-electron chi connectivity index (χ4n) is 4.20. The van der Waals surface area contributed by atoms with Crippen molar-refractivity contribution in [1.82, 2.24) is 28.7 Å². The largest absolute Gasteiger partial charge is 0.434 e. The molecule has 3 aromatic heterocycles. The van der Waals surface area contributed by atoms with Crippen molar-refractivity contribution in [3.8, 4) is 0 Å². The number of halogens is 3. The van der Waals surface area contributed by atoms with E-state index in [2.05, 4.69) is 15.2 Å². The fraction of sp³-hybridized carbons (Fsp3) is 0.500. The third-order valence-corrected chi connectivity index (χ3v) is 7.64. The second-order valence-electron chi connectivity index (χ2n) is 7.54. The monoisotopic (exact) mass is 442 g/mol. The number of fused-ring (bicyclic) bond motifs is 1. The van der Waals surface area contributed by atoms with Crippen molar-refractivity contribution in [2.24, 2.45) is 7.05 Å². The molecule has 30 heavy (non-hydrogen) atoms. The van der Waals surface area contributed by atoms with E-state index in [1.54, 1.807) is 4.52 Å². The van der Waals surface area contributed by atoms with Gasteiger partial charge < -0.3 is 0 Å². The molecule has 4 rings (SSSR count). The normalized spacial score (nSPS) is 17.1. The molecule has 0 spiro atoms. The van der Waals surface area contributed by atoms with Crippen LogP contribution < -0.4 is 0 Å². The van der Waals surface area contributed by atoms with Gasteiger partial charge >= 0.3 is 6.18 Å². The lowest BCUT2D eigenvalue weighted by Crippen LogP contribution is -2.39. The summed E-state index contributed by atoms with van der Waals surface area (Å²) in [5, 5.41) is 7.85. The molecule has 0 aliphatic carbocycles. The van der Waals surface area contributed by atoms with Gasteiger partial charge in [0, 0.05) is 26.3 Å². The summed E-state index contributed by atoms with van der Waals surface area (Å²) < 4.78 is 70.0. The Hall–Kier alpha value is -2.47. The summed E-state index contributed by atoms with van der Waals surface area (Å²) in [5.74, 6) is 0.0853. The van der Waals surface area contributed by atoms with Crippen LogP contribution in [-0.2, 0) is 23.2 Å². The van der Waals surface area contributed by atoms with Crippen molar-refractivity contribution in [3.05, 3.63) is 41.1 Å². The standard InChI is InChI=1S/C18H21F3N6O2S/c1-11-8-15-22-10-23-27(15)9-14(11)13-4-6-26(7-5-13)30(28,29)16-12(2)24-25(3)17(16)18(19,20)21/h8-10,13H,4-7H2,1-3H3. The number of rotatable bonds is 3. The van der Waals surface area contributed by atoms with Crippen LogP contribution in [-0.4, -0.2) is 50.2 Å². The van der Waals surface area contributed by atoms with Crippen LogP contribution in [0.2, 0.25) is 0 Å². The summed E-state index contributed by atoms with van der Waals surface area (Å²) in [5.41, 5.74) is 1.40. The van der Waals surface area contributed by atoms with Crippen LogP contribution in [0.1, 0.15) is 41.3 Å². The SMILES string of the molecule is Cc1cc2ncnn2cc1C1CCN(S(=O)(=O)c2c(C)nn(C)c2C(F)(F)F)CC1. The van der Waals surface area contributed by atoms with E-state index in [1.165, 1.54) is 13.3 Å². The average molecular weight is 442 g/mol. The van der Waals surface area contributed by atoms with Gasteiger partial charge in [0.1, 0.15) is 11.2 Å². The van der Waals surface area contributed by atoms with Crippen LogP contribution in [0.5, 0.6) is 0 Å². The molecule has 1 aliphatic rings. The summed E-state index contributed by atoms with van der Waals surface area (Å²) in [6, 6.07) is 1.92. The third-order valence-electron chi connectivity index (χ3n) is 5.59. The van der Waals surface area contributed by atoms with Crippen molar-refractivity contribution in [2.75, 3.05) is 13.1 Å². The Kier molecular flexibility index (Phi) is 4.88. The molecule has 4 heterocycles. The van der Waals surface area contributed by atoms with Gasteiger partial charge in [0.05, 0.1) is 5.69 Å². The zero-order valence-corrected chi connectivity index (χ0v) is 17.5. The number of sulfonamides is 1. The van der Waals surface area contributed by atoms with E-state index in [-0.39, 0.29) is 24.7 Å². The molecule has 1 saturated heterocycles. The quantitative estimate of drug-likeness (QED) is 0.623. The Morgan fingerprint density at radius 3 is 2.47 bits per heavy atom. The minimum atomic E-state index is -4.82. The van der Waals surface area contributed by atoms with Crippen LogP contribution in [0.4, 0.5) is 13.2 Å². The molecule has 0 saturated carbocycles. The molecular formula is C18H21F3N6O2S. The first-order valence-corrected chi connectivity index (χ1v) is 10.8. The zero-order chi connectivity index (χ0) is 21.8. The van der Waals surface area contributed by atoms with Crippen molar-refractivity contribution < 1.29 is 21.6 Å². The first kappa shape index (κ1) is 20.8. The van der Waals surface area contributed by atoms with E-state index >= 15 is 0 Å². The predicted molar refractivity (Wildman–Crippen MR) is 101 cm³/mol. The van der Waals surface area contributed by atoms with Gasteiger partial charge in [-0.3, -0.25) is 4.68 Å². The van der Waals surface area contributed by atoms with Crippen molar-refractivity contribution >= 4 is 15.7 Å². The maximum atomic E-state index is 13.5. The molecule has 1 aliphatic heterocycles. The van der Waals surface area contributed by atoms with Crippen LogP contribution in [0.15, 0.2) is 23.5 Å². The Balaban J connectivity index is 1.60. The zero-order valence-electron chi connectivity index (χ0n) is 16.7. The molecule has 0 unspecified atom stereocenters. The summed E-state index contributed by atoms with van der Waals surface area (Å²) in [6.07, 6.45) is -0.468. The van der Waals surface area contributed by atoms with E-state index in [0.717, 1.165) is 28.1 Å². The first-order chi connectivity index (χ1) is 14.0. The molecule has 12 heteroatoms. The highest BCUT2D eigenvalue weighted by molar-refractivity contribution is 7.89. The summed E-state index contributed by atoms with van der Waals surface area (Å²) in [4.78, 5) is 3.39. The number of aryl methyl sites for hydroxylation is 3. The molecule has 0 bridgehead atoms. The smallest absolute Gasteiger partial charge is 0.262 e. The van der Waals surface area contributed by atoms with E-state index in [1.807, 2.05) is 19.2 Å². The molecule has 1 fully saturated rings. The van der Waals surface area contributed by atoms with Crippen LogP contribution in [0.25, 0.3) is 5.65 Å². The number of alkyl halides is 3.